The van der Waals surface area contributed by atoms with Gasteiger partial charge in [0.15, 0.2) is 0 Å². The Balaban J connectivity index is 1.65. The molecule has 0 saturated carbocycles. The summed E-state index contributed by atoms with van der Waals surface area (Å²) in [6.45, 7) is 10.2. The minimum atomic E-state index is -0.343. The zero-order chi connectivity index (χ0) is 23.1. The second kappa shape index (κ2) is 10.9. The molecule has 1 heterocycles. The highest BCUT2D eigenvalue weighted by Gasteiger charge is 2.21. The molecule has 1 saturated heterocycles. The number of likely N-dealkylation sites (N-methyl/N-ethyl adjacent to an activating group) is 1. The molecule has 2 aromatic rings. The van der Waals surface area contributed by atoms with E-state index in [9.17, 15) is 14.0 Å². The third-order valence-electron chi connectivity index (χ3n) is 5.63. The Morgan fingerprint density at radius 2 is 1.78 bits per heavy atom. The molecule has 0 radical (unpaired) electrons. The second-order valence-corrected chi connectivity index (χ2v) is 7.99. The zero-order valence-electron chi connectivity index (χ0n) is 18.9. The molecular weight excluding hydrogens is 407 g/mol. The maximum absolute atomic E-state index is 14.0. The lowest BCUT2D eigenvalue weighted by Crippen LogP contribution is -2.46. The van der Waals surface area contributed by atoms with Crippen LogP contribution in [0.4, 0.5) is 15.8 Å². The summed E-state index contributed by atoms with van der Waals surface area (Å²) in [5, 5.41) is 5.65. The predicted molar refractivity (Wildman–Crippen MR) is 127 cm³/mol. The molecule has 1 aliphatic heterocycles. The van der Waals surface area contributed by atoms with Gasteiger partial charge in [-0.05, 0) is 55.4 Å². The van der Waals surface area contributed by atoms with Gasteiger partial charge in [-0.3, -0.25) is 9.59 Å². The summed E-state index contributed by atoms with van der Waals surface area (Å²) in [5.74, 6) is -0.702. The SMILES string of the molecule is CCN1CCN(c2ccc(F)cc2C(C)NC(=O)/C=C/c2ccc(NC(C)=O)cc2)CC1. The fourth-order valence-electron chi connectivity index (χ4n) is 3.86. The summed E-state index contributed by atoms with van der Waals surface area (Å²) in [7, 11) is 0. The molecule has 1 atom stereocenters. The van der Waals surface area contributed by atoms with Crippen molar-refractivity contribution >= 4 is 29.3 Å². The number of anilines is 2. The molecule has 0 aliphatic carbocycles. The predicted octanol–water partition coefficient (Wildman–Crippen LogP) is 3.82. The van der Waals surface area contributed by atoms with E-state index < -0.39 is 0 Å². The summed E-state index contributed by atoms with van der Waals surface area (Å²) < 4.78 is 14.0. The van der Waals surface area contributed by atoms with E-state index in [-0.39, 0.29) is 23.7 Å². The van der Waals surface area contributed by atoms with Gasteiger partial charge < -0.3 is 20.4 Å². The van der Waals surface area contributed by atoms with Gasteiger partial charge in [-0.2, -0.15) is 0 Å². The number of nitrogens with zero attached hydrogens (tertiary/aromatic N) is 2. The lowest BCUT2D eigenvalue weighted by Gasteiger charge is -2.37. The Bertz CT molecular complexity index is 966. The fourth-order valence-corrected chi connectivity index (χ4v) is 3.86. The van der Waals surface area contributed by atoms with Gasteiger partial charge in [0.05, 0.1) is 6.04 Å². The molecule has 1 fully saturated rings. The quantitative estimate of drug-likeness (QED) is 0.645. The van der Waals surface area contributed by atoms with Crippen molar-refractivity contribution < 1.29 is 14.0 Å². The molecule has 0 bridgehead atoms. The van der Waals surface area contributed by atoms with Gasteiger partial charge in [-0.1, -0.05) is 19.1 Å². The number of hydrogen-bond donors (Lipinski definition) is 2. The molecule has 6 nitrogen and oxygen atoms in total. The Labute approximate surface area is 189 Å². The Kier molecular flexibility index (Phi) is 8.00. The molecule has 170 valence electrons. The normalized spacial score (nSPS) is 15.6. The molecule has 2 amide bonds. The van der Waals surface area contributed by atoms with Gasteiger partial charge >= 0.3 is 0 Å². The third kappa shape index (κ3) is 6.40. The molecule has 7 heteroatoms. The molecule has 0 aromatic heterocycles. The van der Waals surface area contributed by atoms with Crippen molar-refractivity contribution in [2.24, 2.45) is 0 Å². The van der Waals surface area contributed by atoms with Gasteiger partial charge in [-0.25, -0.2) is 4.39 Å². The number of carbonyl (C=O) groups excluding carboxylic acids is 2. The average Bonchev–Trinajstić information content (AvgIpc) is 2.78. The van der Waals surface area contributed by atoms with E-state index in [0.717, 1.165) is 49.5 Å². The highest BCUT2D eigenvalue weighted by Crippen LogP contribution is 2.28. The van der Waals surface area contributed by atoms with Gasteiger partial charge in [-0.15, -0.1) is 0 Å². The van der Waals surface area contributed by atoms with Crippen LogP contribution in [0.2, 0.25) is 0 Å². The minimum Gasteiger partial charge on any atom is -0.369 e. The van der Waals surface area contributed by atoms with E-state index >= 15 is 0 Å². The number of nitrogens with one attached hydrogen (secondary N) is 2. The Morgan fingerprint density at radius 1 is 1.09 bits per heavy atom. The highest BCUT2D eigenvalue weighted by molar-refractivity contribution is 5.92. The molecule has 1 unspecified atom stereocenters. The first kappa shape index (κ1) is 23.5. The smallest absolute Gasteiger partial charge is 0.244 e. The van der Waals surface area contributed by atoms with Gasteiger partial charge in [0.2, 0.25) is 11.8 Å². The highest BCUT2D eigenvalue weighted by atomic mass is 19.1. The minimum absolute atomic E-state index is 0.134. The maximum Gasteiger partial charge on any atom is 0.244 e. The number of amides is 2. The van der Waals surface area contributed by atoms with E-state index in [1.165, 1.54) is 25.1 Å². The van der Waals surface area contributed by atoms with E-state index in [0.29, 0.717) is 5.69 Å². The van der Waals surface area contributed by atoms with E-state index in [4.69, 9.17) is 0 Å². The summed E-state index contributed by atoms with van der Waals surface area (Å²) in [6.07, 6.45) is 3.17. The summed E-state index contributed by atoms with van der Waals surface area (Å²) in [4.78, 5) is 28.2. The standard InChI is InChI=1S/C25H31FN4O2/c1-4-29-13-15-30(16-14-29)24-11-8-21(26)17-23(24)18(2)27-25(32)12-7-20-5-9-22(10-6-20)28-19(3)31/h5-12,17-18H,4,13-16H2,1-3H3,(H,27,32)(H,28,31)/b12-7+. The Hall–Kier alpha value is -3.19. The second-order valence-electron chi connectivity index (χ2n) is 7.99. The van der Waals surface area contributed by atoms with Crippen LogP contribution in [0.15, 0.2) is 48.5 Å². The van der Waals surface area contributed by atoms with Crippen molar-refractivity contribution in [3.05, 3.63) is 65.5 Å². The number of piperazine rings is 1. The van der Waals surface area contributed by atoms with Crippen LogP contribution >= 0.6 is 0 Å². The molecule has 32 heavy (non-hydrogen) atoms. The molecule has 0 spiro atoms. The van der Waals surface area contributed by atoms with Crippen molar-refractivity contribution in [3.63, 3.8) is 0 Å². The van der Waals surface area contributed by atoms with Crippen molar-refractivity contribution in [2.45, 2.75) is 26.8 Å². The molecule has 2 aromatic carbocycles. The van der Waals surface area contributed by atoms with Crippen molar-refractivity contribution in [3.8, 4) is 0 Å². The van der Waals surface area contributed by atoms with E-state index in [2.05, 4.69) is 27.4 Å². The first-order chi connectivity index (χ1) is 15.4. The van der Waals surface area contributed by atoms with E-state index in [1.807, 2.05) is 19.1 Å². The number of rotatable bonds is 7. The number of benzene rings is 2. The topological polar surface area (TPSA) is 64.7 Å². The van der Waals surface area contributed by atoms with Crippen LogP contribution in [-0.4, -0.2) is 49.4 Å². The van der Waals surface area contributed by atoms with Crippen LogP contribution in [0, 0.1) is 5.82 Å². The van der Waals surface area contributed by atoms with Crippen molar-refractivity contribution in [1.82, 2.24) is 10.2 Å². The lowest BCUT2D eigenvalue weighted by atomic mass is 10.0. The van der Waals surface area contributed by atoms with Crippen LogP contribution in [0.1, 0.15) is 37.9 Å². The fraction of sp³-hybridized carbons (Fsp3) is 0.360. The van der Waals surface area contributed by atoms with Gasteiger partial charge in [0.25, 0.3) is 0 Å². The van der Waals surface area contributed by atoms with Crippen LogP contribution in [-0.2, 0) is 9.59 Å². The summed E-state index contributed by atoms with van der Waals surface area (Å²) in [6, 6.07) is 11.6. The van der Waals surface area contributed by atoms with Gasteiger partial charge in [0, 0.05) is 56.1 Å². The van der Waals surface area contributed by atoms with Crippen LogP contribution in [0.5, 0.6) is 0 Å². The lowest BCUT2D eigenvalue weighted by molar-refractivity contribution is -0.117. The van der Waals surface area contributed by atoms with E-state index in [1.54, 1.807) is 24.3 Å². The van der Waals surface area contributed by atoms with Gasteiger partial charge in [0.1, 0.15) is 5.82 Å². The van der Waals surface area contributed by atoms with Crippen molar-refractivity contribution in [2.75, 3.05) is 42.9 Å². The number of hydrogen-bond acceptors (Lipinski definition) is 4. The Morgan fingerprint density at radius 3 is 2.41 bits per heavy atom. The number of halogens is 1. The summed E-state index contributed by atoms with van der Waals surface area (Å²) in [5.41, 5.74) is 3.28. The summed E-state index contributed by atoms with van der Waals surface area (Å²) >= 11 is 0. The molecule has 2 N–H and O–H groups in total. The zero-order valence-corrected chi connectivity index (χ0v) is 18.9. The first-order valence-electron chi connectivity index (χ1n) is 11.0. The monoisotopic (exact) mass is 438 g/mol. The first-order valence-corrected chi connectivity index (χ1v) is 11.0. The molecule has 1 aliphatic rings. The van der Waals surface area contributed by atoms with Crippen molar-refractivity contribution in [1.29, 1.82) is 0 Å². The van der Waals surface area contributed by atoms with Crippen LogP contribution in [0.25, 0.3) is 6.08 Å². The largest absolute Gasteiger partial charge is 0.369 e. The average molecular weight is 439 g/mol. The molecule has 3 rings (SSSR count). The number of carbonyl (C=O) groups is 2. The van der Waals surface area contributed by atoms with Crippen LogP contribution in [0.3, 0.4) is 0 Å². The maximum atomic E-state index is 14.0. The van der Waals surface area contributed by atoms with Crippen LogP contribution < -0.4 is 15.5 Å². The molecular formula is C25H31FN4O2. The third-order valence-corrected chi connectivity index (χ3v) is 5.63.